The van der Waals surface area contributed by atoms with Crippen molar-refractivity contribution in [2.45, 2.75) is 33.0 Å². The normalized spacial score (nSPS) is 16.3. The number of nitrogens with zero attached hydrogens (tertiary/aromatic N) is 1. The summed E-state index contributed by atoms with van der Waals surface area (Å²) in [4.78, 5) is 38.4. The van der Waals surface area contributed by atoms with E-state index >= 15 is 0 Å². The molecule has 0 spiro atoms. The van der Waals surface area contributed by atoms with Gasteiger partial charge in [0.25, 0.3) is 5.91 Å². The van der Waals surface area contributed by atoms with E-state index in [0.29, 0.717) is 27.7 Å². The van der Waals surface area contributed by atoms with Crippen LogP contribution in [0.3, 0.4) is 0 Å². The summed E-state index contributed by atoms with van der Waals surface area (Å²) in [6.07, 6.45) is -2.09. The highest BCUT2D eigenvalue weighted by Crippen LogP contribution is 2.33. The number of carbonyl (C=O) groups excluding carboxylic acids is 3. The molecule has 0 bridgehead atoms. The standard InChI is InChI=1S/C21H21ClN2O5/c1-12-15(22)7-6-8-16(12)23-20(26)13(2)28-21(27)19-11-24(14(3)25)17-9-4-5-10-18(17)29-19/h4-10,13,19H,11H2,1-3H3,(H,23,26)/t13-,19+/m1/s1. The van der Waals surface area contributed by atoms with Crippen molar-refractivity contribution in [2.75, 3.05) is 16.8 Å². The van der Waals surface area contributed by atoms with E-state index in [1.807, 2.05) is 0 Å². The van der Waals surface area contributed by atoms with Crippen LogP contribution >= 0.6 is 11.6 Å². The topological polar surface area (TPSA) is 84.9 Å². The van der Waals surface area contributed by atoms with E-state index in [9.17, 15) is 14.4 Å². The van der Waals surface area contributed by atoms with Crippen LogP contribution in [0.25, 0.3) is 0 Å². The molecule has 2 atom stereocenters. The van der Waals surface area contributed by atoms with Crippen molar-refractivity contribution in [3.63, 3.8) is 0 Å². The van der Waals surface area contributed by atoms with E-state index in [-0.39, 0.29) is 12.5 Å². The number of carbonyl (C=O) groups is 3. The number of nitrogens with one attached hydrogen (secondary N) is 1. The molecule has 29 heavy (non-hydrogen) atoms. The van der Waals surface area contributed by atoms with E-state index in [0.717, 1.165) is 0 Å². The molecular formula is C21H21ClN2O5. The molecule has 0 unspecified atom stereocenters. The first kappa shape index (κ1) is 20.7. The van der Waals surface area contributed by atoms with Gasteiger partial charge in [0.1, 0.15) is 5.75 Å². The lowest BCUT2D eigenvalue weighted by Crippen LogP contribution is -2.48. The lowest BCUT2D eigenvalue weighted by molar-refractivity contribution is -0.160. The number of halogens is 1. The summed E-state index contributed by atoms with van der Waals surface area (Å²) < 4.78 is 11.0. The Balaban J connectivity index is 1.67. The summed E-state index contributed by atoms with van der Waals surface area (Å²) in [6, 6.07) is 12.1. The second-order valence-electron chi connectivity index (χ2n) is 6.68. The van der Waals surface area contributed by atoms with Gasteiger partial charge in [-0.2, -0.15) is 0 Å². The summed E-state index contributed by atoms with van der Waals surface area (Å²) >= 11 is 6.06. The molecule has 0 radical (unpaired) electrons. The molecule has 0 saturated carbocycles. The fourth-order valence-electron chi connectivity index (χ4n) is 2.94. The number of esters is 1. The quantitative estimate of drug-likeness (QED) is 0.773. The maximum atomic E-state index is 12.6. The van der Waals surface area contributed by atoms with E-state index in [1.54, 1.807) is 49.4 Å². The monoisotopic (exact) mass is 416 g/mol. The summed E-state index contributed by atoms with van der Waals surface area (Å²) in [5.74, 6) is -1.04. The van der Waals surface area contributed by atoms with Crippen molar-refractivity contribution >= 4 is 40.8 Å². The number of anilines is 2. The highest BCUT2D eigenvalue weighted by atomic mass is 35.5. The Morgan fingerprint density at radius 1 is 1.21 bits per heavy atom. The zero-order chi connectivity index (χ0) is 21.1. The molecule has 2 amide bonds. The Morgan fingerprint density at radius 2 is 1.93 bits per heavy atom. The molecule has 0 aliphatic carbocycles. The number of rotatable bonds is 4. The lowest BCUT2D eigenvalue weighted by atomic mass is 10.2. The van der Waals surface area contributed by atoms with Gasteiger partial charge in [-0.3, -0.25) is 9.59 Å². The number of para-hydroxylation sites is 2. The van der Waals surface area contributed by atoms with Crippen LogP contribution in [0.4, 0.5) is 11.4 Å². The molecule has 0 saturated heterocycles. The van der Waals surface area contributed by atoms with Gasteiger partial charge in [0.2, 0.25) is 12.0 Å². The van der Waals surface area contributed by atoms with Crippen molar-refractivity contribution in [3.8, 4) is 5.75 Å². The van der Waals surface area contributed by atoms with Crippen LogP contribution in [0, 0.1) is 6.92 Å². The molecule has 1 aliphatic rings. The van der Waals surface area contributed by atoms with Crippen LogP contribution in [0.5, 0.6) is 5.75 Å². The Hall–Kier alpha value is -3.06. The molecular weight excluding hydrogens is 396 g/mol. The first-order valence-electron chi connectivity index (χ1n) is 9.08. The fourth-order valence-corrected chi connectivity index (χ4v) is 3.11. The molecule has 0 fully saturated rings. The van der Waals surface area contributed by atoms with Crippen molar-refractivity contribution in [1.29, 1.82) is 0 Å². The Labute approximate surface area is 173 Å². The number of benzene rings is 2. The first-order valence-corrected chi connectivity index (χ1v) is 9.46. The Bertz CT molecular complexity index is 962. The van der Waals surface area contributed by atoms with E-state index < -0.39 is 24.1 Å². The summed E-state index contributed by atoms with van der Waals surface area (Å²) in [5.41, 5.74) is 1.84. The van der Waals surface area contributed by atoms with Crippen LogP contribution in [-0.2, 0) is 19.1 Å². The third-order valence-corrected chi connectivity index (χ3v) is 5.01. The van der Waals surface area contributed by atoms with Gasteiger partial charge in [-0.25, -0.2) is 4.79 Å². The van der Waals surface area contributed by atoms with Gasteiger partial charge >= 0.3 is 5.97 Å². The van der Waals surface area contributed by atoms with Gasteiger partial charge in [-0.1, -0.05) is 29.8 Å². The van der Waals surface area contributed by atoms with Gasteiger partial charge in [-0.15, -0.1) is 0 Å². The van der Waals surface area contributed by atoms with Crippen LogP contribution in [0.2, 0.25) is 5.02 Å². The second-order valence-corrected chi connectivity index (χ2v) is 7.09. The zero-order valence-electron chi connectivity index (χ0n) is 16.3. The predicted octanol–water partition coefficient (Wildman–Crippen LogP) is 3.33. The number of ether oxygens (including phenoxy) is 2. The van der Waals surface area contributed by atoms with Gasteiger partial charge in [0, 0.05) is 17.6 Å². The third-order valence-electron chi connectivity index (χ3n) is 4.60. The summed E-state index contributed by atoms with van der Waals surface area (Å²) in [5, 5.41) is 3.22. The van der Waals surface area contributed by atoms with Crippen LogP contribution in [-0.4, -0.2) is 36.5 Å². The van der Waals surface area contributed by atoms with Gasteiger partial charge in [-0.05, 0) is 43.7 Å². The van der Waals surface area contributed by atoms with Crippen molar-refractivity contribution < 1.29 is 23.9 Å². The summed E-state index contributed by atoms with van der Waals surface area (Å²) in [6.45, 7) is 4.66. The fraction of sp³-hybridized carbons (Fsp3) is 0.286. The molecule has 152 valence electrons. The molecule has 2 aromatic rings. The van der Waals surface area contributed by atoms with Crippen molar-refractivity contribution in [1.82, 2.24) is 0 Å². The smallest absolute Gasteiger partial charge is 0.350 e. The van der Waals surface area contributed by atoms with Crippen molar-refractivity contribution in [2.24, 2.45) is 0 Å². The lowest BCUT2D eigenvalue weighted by Gasteiger charge is -2.33. The maximum Gasteiger partial charge on any atom is 0.350 e. The molecule has 1 heterocycles. The maximum absolute atomic E-state index is 12.6. The minimum Gasteiger partial charge on any atom is -0.475 e. The Morgan fingerprint density at radius 3 is 2.66 bits per heavy atom. The molecule has 2 aromatic carbocycles. The van der Waals surface area contributed by atoms with E-state index in [4.69, 9.17) is 21.1 Å². The van der Waals surface area contributed by atoms with Crippen molar-refractivity contribution in [3.05, 3.63) is 53.1 Å². The van der Waals surface area contributed by atoms with Gasteiger partial charge in [0.05, 0.1) is 12.2 Å². The zero-order valence-corrected chi connectivity index (χ0v) is 17.0. The largest absolute Gasteiger partial charge is 0.475 e. The summed E-state index contributed by atoms with van der Waals surface area (Å²) in [7, 11) is 0. The minimum absolute atomic E-state index is 0.00687. The molecule has 7 nitrogen and oxygen atoms in total. The SMILES string of the molecule is CC(=O)N1C[C@@H](C(=O)O[C@H](C)C(=O)Nc2cccc(Cl)c2C)Oc2ccccc21. The molecule has 8 heteroatoms. The molecule has 3 rings (SSSR count). The number of hydrogen-bond acceptors (Lipinski definition) is 5. The molecule has 1 N–H and O–H groups in total. The predicted molar refractivity (Wildman–Crippen MR) is 109 cm³/mol. The average molecular weight is 417 g/mol. The van der Waals surface area contributed by atoms with E-state index in [2.05, 4.69) is 5.32 Å². The average Bonchev–Trinajstić information content (AvgIpc) is 2.70. The Kier molecular flexibility index (Phi) is 6.08. The van der Waals surface area contributed by atoms with Crippen LogP contribution in [0.1, 0.15) is 19.4 Å². The number of amides is 2. The van der Waals surface area contributed by atoms with Gasteiger partial charge in [0.15, 0.2) is 6.10 Å². The number of hydrogen-bond donors (Lipinski definition) is 1. The first-order chi connectivity index (χ1) is 13.8. The highest BCUT2D eigenvalue weighted by Gasteiger charge is 2.35. The van der Waals surface area contributed by atoms with Crippen LogP contribution < -0.4 is 15.0 Å². The minimum atomic E-state index is -1.06. The number of fused-ring (bicyclic) bond motifs is 1. The van der Waals surface area contributed by atoms with Crippen LogP contribution in [0.15, 0.2) is 42.5 Å². The molecule has 0 aromatic heterocycles. The molecule has 1 aliphatic heterocycles. The third kappa shape index (κ3) is 4.51. The second kappa shape index (κ2) is 8.53. The highest BCUT2D eigenvalue weighted by molar-refractivity contribution is 6.31. The van der Waals surface area contributed by atoms with Gasteiger partial charge < -0.3 is 19.7 Å². The van der Waals surface area contributed by atoms with E-state index in [1.165, 1.54) is 18.7 Å².